The van der Waals surface area contributed by atoms with Crippen molar-refractivity contribution in [3.63, 3.8) is 0 Å². The second kappa shape index (κ2) is 5.75. The molecule has 0 radical (unpaired) electrons. The molecule has 0 fully saturated rings. The van der Waals surface area contributed by atoms with Crippen molar-refractivity contribution in [1.29, 1.82) is 0 Å². The van der Waals surface area contributed by atoms with Crippen LogP contribution in [0, 0.1) is 0 Å². The van der Waals surface area contributed by atoms with Gasteiger partial charge in [-0.1, -0.05) is 36.5 Å². The van der Waals surface area contributed by atoms with E-state index in [1.807, 2.05) is 0 Å². The zero-order chi connectivity index (χ0) is 10.3. The van der Waals surface area contributed by atoms with Gasteiger partial charge in [-0.2, -0.15) is 0 Å². The highest BCUT2D eigenvalue weighted by Gasteiger charge is 2.06. The number of hydrogen-bond acceptors (Lipinski definition) is 0. The highest BCUT2D eigenvalue weighted by atomic mass is 14.1. The van der Waals surface area contributed by atoms with E-state index in [2.05, 4.69) is 36.5 Å². The lowest BCUT2D eigenvalue weighted by Crippen LogP contribution is -1.92. The summed E-state index contributed by atoms with van der Waals surface area (Å²) in [5, 5.41) is 0. The van der Waals surface area contributed by atoms with E-state index in [4.69, 9.17) is 0 Å². The molecule has 0 aliphatic heterocycles. The maximum absolute atomic E-state index is 2.45. The average Bonchev–Trinajstić information content (AvgIpc) is 2.45. The first kappa shape index (κ1) is 10.5. The molecule has 15 heavy (non-hydrogen) atoms. The van der Waals surface area contributed by atoms with Gasteiger partial charge >= 0.3 is 0 Å². The maximum Gasteiger partial charge on any atom is -0.0245 e. The van der Waals surface area contributed by atoms with Gasteiger partial charge in [0.25, 0.3) is 0 Å². The summed E-state index contributed by atoms with van der Waals surface area (Å²) in [6.45, 7) is 0. The molecule has 0 atom stereocenters. The molecule has 0 aromatic carbocycles. The normalized spacial score (nSPS) is 22.4. The molecule has 0 saturated heterocycles. The van der Waals surface area contributed by atoms with Crippen molar-refractivity contribution in [2.24, 2.45) is 0 Å². The van der Waals surface area contributed by atoms with Crippen LogP contribution in [0.5, 0.6) is 0 Å². The Morgan fingerprint density at radius 1 is 0.733 bits per heavy atom. The van der Waals surface area contributed by atoms with Gasteiger partial charge < -0.3 is 0 Å². The molecule has 2 rings (SSSR count). The predicted molar refractivity (Wildman–Crippen MR) is 66.8 cm³/mol. The van der Waals surface area contributed by atoms with Gasteiger partial charge in [0.1, 0.15) is 0 Å². The van der Waals surface area contributed by atoms with Crippen LogP contribution < -0.4 is 0 Å². The van der Waals surface area contributed by atoms with Crippen LogP contribution in [0.1, 0.15) is 44.9 Å². The van der Waals surface area contributed by atoms with Crippen molar-refractivity contribution in [1.82, 2.24) is 0 Å². The lowest BCUT2D eigenvalue weighted by atomic mass is 9.94. The minimum atomic E-state index is 1.21. The topological polar surface area (TPSA) is 0 Å². The van der Waals surface area contributed by atoms with E-state index in [1.54, 1.807) is 11.1 Å². The van der Waals surface area contributed by atoms with Crippen LogP contribution in [0.15, 0.2) is 47.6 Å². The average molecular weight is 200 g/mol. The lowest BCUT2D eigenvalue weighted by molar-refractivity contribution is 0.819. The summed E-state index contributed by atoms with van der Waals surface area (Å²) in [6.07, 6.45) is 22.6. The first-order chi connectivity index (χ1) is 7.47. The van der Waals surface area contributed by atoms with Crippen LogP contribution in [0.25, 0.3) is 0 Å². The van der Waals surface area contributed by atoms with Gasteiger partial charge in [0, 0.05) is 0 Å². The van der Waals surface area contributed by atoms with E-state index < -0.39 is 0 Å². The zero-order valence-corrected chi connectivity index (χ0v) is 9.41. The number of allylic oxidation sites excluding steroid dienone is 8. The van der Waals surface area contributed by atoms with Crippen molar-refractivity contribution >= 4 is 0 Å². The highest BCUT2D eigenvalue weighted by Crippen LogP contribution is 2.25. The van der Waals surface area contributed by atoms with Crippen molar-refractivity contribution in [3.05, 3.63) is 47.6 Å². The molecule has 0 saturated carbocycles. The third-order valence-electron chi connectivity index (χ3n) is 3.13. The molecule has 0 nitrogen and oxygen atoms in total. The molecular weight excluding hydrogens is 180 g/mol. The fraction of sp³-hybridized carbons (Fsp3) is 0.467. The van der Waals surface area contributed by atoms with E-state index in [0.717, 1.165) is 0 Å². The summed E-state index contributed by atoms with van der Waals surface area (Å²) in [5.74, 6) is 0. The van der Waals surface area contributed by atoms with E-state index >= 15 is 0 Å². The van der Waals surface area contributed by atoms with Crippen molar-refractivity contribution in [3.8, 4) is 0 Å². The molecule has 0 heterocycles. The predicted octanol–water partition coefficient (Wildman–Crippen LogP) is 4.71. The first-order valence-electron chi connectivity index (χ1n) is 6.17. The van der Waals surface area contributed by atoms with Crippen LogP contribution in [0.3, 0.4) is 0 Å². The fourth-order valence-corrected chi connectivity index (χ4v) is 2.26. The zero-order valence-electron chi connectivity index (χ0n) is 9.41. The molecule has 0 aromatic rings. The summed E-state index contributed by atoms with van der Waals surface area (Å²) in [4.78, 5) is 0. The Hall–Kier alpha value is -1.04. The third-order valence-corrected chi connectivity index (χ3v) is 3.13. The second-order valence-electron chi connectivity index (χ2n) is 4.33. The van der Waals surface area contributed by atoms with Crippen LogP contribution in [0.2, 0.25) is 0 Å². The molecule has 2 aliphatic carbocycles. The molecule has 0 unspecified atom stereocenters. The van der Waals surface area contributed by atoms with Gasteiger partial charge in [0.15, 0.2) is 0 Å². The monoisotopic (exact) mass is 200 g/mol. The molecule has 0 aromatic heterocycles. The minimum Gasteiger partial charge on any atom is -0.0882 e. The standard InChI is InChI=1S/C15H20/c1-2-6-10-14(11-7-3-1)15-12-8-4-5-9-13-15/h1-2,4,8,11-12H,3,5-7,9-10,13H2. The quantitative estimate of drug-likeness (QED) is 0.538. The van der Waals surface area contributed by atoms with Gasteiger partial charge in [-0.3, -0.25) is 0 Å². The molecule has 0 spiro atoms. The molecular formula is C15H20. The van der Waals surface area contributed by atoms with E-state index in [-0.39, 0.29) is 0 Å². The van der Waals surface area contributed by atoms with E-state index in [0.29, 0.717) is 0 Å². The molecule has 0 N–H and O–H groups in total. The smallest absolute Gasteiger partial charge is 0.0245 e. The Labute approximate surface area is 93.1 Å². The summed E-state index contributed by atoms with van der Waals surface area (Å²) >= 11 is 0. The second-order valence-corrected chi connectivity index (χ2v) is 4.33. The first-order valence-corrected chi connectivity index (χ1v) is 6.17. The van der Waals surface area contributed by atoms with Crippen LogP contribution >= 0.6 is 0 Å². The summed E-state index contributed by atoms with van der Waals surface area (Å²) in [6, 6.07) is 0. The van der Waals surface area contributed by atoms with Crippen molar-refractivity contribution < 1.29 is 0 Å². The number of rotatable bonds is 1. The molecule has 80 valence electrons. The van der Waals surface area contributed by atoms with Gasteiger partial charge in [0.05, 0.1) is 0 Å². The van der Waals surface area contributed by atoms with E-state index in [9.17, 15) is 0 Å². The van der Waals surface area contributed by atoms with Crippen molar-refractivity contribution in [2.45, 2.75) is 44.9 Å². The van der Waals surface area contributed by atoms with Crippen LogP contribution in [-0.2, 0) is 0 Å². The Morgan fingerprint density at radius 2 is 1.67 bits per heavy atom. The molecule has 0 heteroatoms. The Morgan fingerprint density at radius 3 is 2.67 bits per heavy atom. The SMILES string of the molecule is C1=CCCCC(C2=CCCC=CCC2)=C1. The lowest BCUT2D eigenvalue weighted by Gasteiger charge is -2.11. The van der Waals surface area contributed by atoms with Crippen LogP contribution in [-0.4, -0.2) is 0 Å². The summed E-state index contributed by atoms with van der Waals surface area (Å²) in [5.41, 5.74) is 3.19. The minimum absolute atomic E-state index is 1.21. The van der Waals surface area contributed by atoms with Gasteiger partial charge in [-0.25, -0.2) is 0 Å². The fourth-order valence-electron chi connectivity index (χ4n) is 2.26. The Balaban J connectivity index is 2.07. The van der Waals surface area contributed by atoms with E-state index in [1.165, 1.54) is 44.9 Å². The maximum atomic E-state index is 2.45. The van der Waals surface area contributed by atoms with Crippen LogP contribution in [0.4, 0.5) is 0 Å². The molecule has 2 aliphatic rings. The van der Waals surface area contributed by atoms with Gasteiger partial charge in [0.2, 0.25) is 0 Å². The third kappa shape index (κ3) is 3.23. The largest absolute Gasteiger partial charge is 0.0882 e. The molecule has 0 amide bonds. The van der Waals surface area contributed by atoms with Crippen molar-refractivity contribution in [2.75, 3.05) is 0 Å². The highest BCUT2D eigenvalue weighted by molar-refractivity contribution is 5.35. The number of hydrogen-bond donors (Lipinski definition) is 0. The summed E-state index contributed by atoms with van der Waals surface area (Å²) in [7, 11) is 0. The Kier molecular flexibility index (Phi) is 4.01. The van der Waals surface area contributed by atoms with Gasteiger partial charge in [-0.15, -0.1) is 0 Å². The molecule has 0 bridgehead atoms. The van der Waals surface area contributed by atoms with Gasteiger partial charge in [-0.05, 0) is 56.1 Å². The Bertz CT molecular complexity index is 313. The summed E-state index contributed by atoms with van der Waals surface area (Å²) < 4.78 is 0.